The molecule has 0 heterocycles. The molecule has 0 atom stereocenters. The number of phenolic OH excluding ortho intramolecular Hbond substituents is 1. The van der Waals surface area contributed by atoms with Gasteiger partial charge in [-0.2, -0.15) is 0 Å². The average Bonchev–Trinajstić information content (AvgIpc) is 2.36. The number of hydrogen-bond donors (Lipinski definition) is 1. The summed E-state index contributed by atoms with van der Waals surface area (Å²) in [6.45, 7) is 0. The Bertz CT molecular complexity index is 389. The van der Waals surface area contributed by atoms with Crippen molar-refractivity contribution in [2.45, 2.75) is 24.5 Å². The predicted molar refractivity (Wildman–Crippen MR) is 86.7 cm³/mol. The molecule has 98 valence electrons. The molecule has 18 heavy (non-hydrogen) atoms. The SMILES string of the molecule is Oc1c(SCl)c(SCl)c(SCl)c(SCl)c1SCl.[Zn]. The van der Waals surface area contributed by atoms with Crippen molar-refractivity contribution in [2.24, 2.45) is 0 Å². The zero-order valence-electron chi connectivity index (χ0n) is 8.09. The molecule has 0 spiro atoms. The number of rotatable bonds is 5. The predicted octanol–water partition coefficient (Wildman–Crippen LogP) is 7.62. The van der Waals surface area contributed by atoms with Crippen LogP contribution in [0.1, 0.15) is 0 Å². The van der Waals surface area contributed by atoms with Crippen LogP contribution in [0, 0.1) is 0 Å². The van der Waals surface area contributed by atoms with Crippen molar-refractivity contribution in [2.75, 3.05) is 0 Å². The second kappa shape index (κ2) is 10.5. The van der Waals surface area contributed by atoms with Crippen molar-refractivity contribution in [3.8, 4) is 5.75 Å². The largest absolute Gasteiger partial charge is 0.505 e. The van der Waals surface area contributed by atoms with Crippen molar-refractivity contribution in [1.29, 1.82) is 0 Å². The fraction of sp³-hybridized carbons (Fsp3) is 0. The number of hydrogen-bond acceptors (Lipinski definition) is 6. The van der Waals surface area contributed by atoms with Gasteiger partial charge in [0, 0.05) is 19.5 Å². The molecular weight excluding hydrogens is 491 g/mol. The van der Waals surface area contributed by atoms with Gasteiger partial charge in [-0.1, -0.05) is 0 Å². The van der Waals surface area contributed by atoms with Crippen LogP contribution in [0.2, 0.25) is 0 Å². The molecule has 1 aromatic rings. The van der Waals surface area contributed by atoms with E-state index in [0.29, 0.717) is 24.5 Å². The zero-order chi connectivity index (χ0) is 13.0. The summed E-state index contributed by atoms with van der Waals surface area (Å²) in [4.78, 5) is 2.55. The summed E-state index contributed by atoms with van der Waals surface area (Å²) in [6, 6.07) is 0. The van der Waals surface area contributed by atoms with Gasteiger partial charge in [0.1, 0.15) is 5.75 Å². The standard InChI is InChI=1S/C6HCl5OS5.Zn/c7-13-2-1(12)3(14-8)5(16-10)6(17-11)4(2)15-9;/h12H;. The summed E-state index contributed by atoms with van der Waals surface area (Å²) in [5.41, 5.74) is 0. The van der Waals surface area contributed by atoms with Gasteiger partial charge in [0.05, 0.1) is 24.5 Å². The molecule has 1 N–H and O–H groups in total. The molecule has 0 unspecified atom stereocenters. The molecule has 0 radical (unpaired) electrons. The second-order valence-corrected chi connectivity index (χ2v) is 7.51. The van der Waals surface area contributed by atoms with E-state index in [0.717, 1.165) is 54.9 Å². The summed E-state index contributed by atoms with van der Waals surface area (Å²) in [5.74, 6) is -0.0502. The van der Waals surface area contributed by atoms with Crippen molar-refractivity contribution >= 4 is 108 Å². The molecule has 0 fully saturated rings. The van der Waals surface area contributed by atoms with Gasteiger partial charge in [-0.3, -0.25) is 0 Å². The molecule has 0 bridgehead atoms. The molecule has 0 amide bonds. The van der Waals surface area contributed by atoms with Gasteiger partial charge in [-0.05, 0) is 108 Å². The van der Waals surface area contributed by atoms with E-state index < -0.39 is 0 Å². The molecule has 1 rings (SSSR count). The quantitative estimate of drug-likeness (QED) is 0.424. The van der Waals surface area contributed by atoms with Crippen LogP contribution in [-0.4, -0.2) is 5.11 Å². The Morgan fingerprint density at radius 2 is 0.778 bits per heavy atom. The number of aromatic hydroxyl groups is 1. The van der Waals surface area contributed by atoms with Crippen molar-refractivity contribution < 1.29 is 24.6 Å². The Balaban J connectivity index is 0.00000289. The van der Waals surface area contributed by atoms with Crippen LogP contribution >= 0.6 is 108 Å². The summed E-state index contributed by atoms with van der Waals surface area (Å²) in [6.07, 6.45) is 0. The Kier molecular flexibility index (Phi) is 12.2. The maximum absolute atomic E-state index is 10.0. The molecular formula is C6HCl5OS5Zn. The molecule has 0 saturated heterocycles. The third kappa shape index (κ3) is 4.42. The second-order valence-electron chi connectivity index (χ2n) is 2.38. The van der Waals surface area contributed by atoms with Gasteiger partial charge in [0.15, 0.2) is 0 Å². The first-order chi connectivity index (χ1) is 8.15. The smallest absolute Gasteiger partial charge is 0.147 e. The van der Waals surface area contributed by atoms with Crippen molar-refractivity contribution in [3.63, 3.8) is 0 Å². The van der Waals surface area contributed by atoms with E-state index >= 15 is 0 Å². The van der Waals surface area contributed by atoms with E-state index in [-0.39, 0.29) is 25.2 Å². The molecule has 0 aromatic heterocycles. The molecule has 0 aliphatic carbocycles. The van der Waals surface area contributed by atoms with Crippen LogP contribution in [0.15, 0.2) is 24.5 Å². The summed E-state index contributed by atoms with van der Waals surface area (Å²) < 4.78 is 0. The van der Waals surface area contributed by atoms with E-state index in [2.05, 4.69) is 0 Å². The van der Waals surface area contributed by atoms with Gasteiger partial charge in [0.2, 0.25) is 0 Å². The molecule has 0 aliphatic rings. The Labute approximate surface area is 161 Å². The average molecular weight is 492 g/mol. The maximum atomic E-state index is 10.0. The van der Waals surface area contributed by atoms with E-state index in [1.165, 1.54) is 0 Å². The van der Waals surface area contributed by atoms with Gasteiger partial charge in [0.25, 0.3) is 0 Å². The fourth-order valence-electron chi connectivity index (χ4n) is 0.981. The summed E-state index contributed by atoms with van der Waals surface area (Å²) in [5, 5.41) is 10.0. The molecule has 1 aromatic carbocycles. The normalized spacial score (nSPS) is 10.3. The first-order valence-electron chi connectivity index (χ1n) is 3.52. The van der Waals surface area contributed by atoms with Crippen LogP contribution in [0.25, 0.3) is 0 Å². The number of phenols is 1. The molecule has 0 aliphatic heterocycles. The van der Waals surface area contributed by atoms with E-state index in [9.17, 15) is 5.11 Å². The van der Waals surface area contributed by atoms with Crippen LogP contribution in [0.4, 0.5) is 0 Å². The maximum Gasteiger partial charge on any atom is 0.147 e. The molecule has 12 heteroatoms. The molecule has 0 saturated carbocycles. The third-order valence-corrected chi connectivity index (χ3v) is 7.26. The number of benzene rings is 1. The zero-order valence-corrected chi connectivity index (χ0v) is 18.9. The van der Waals surface area contributed by atoms with Crippen LogP contribution in [0.5, 0.6) is 5.75 Å². The topological polar surface area (TPSA) is 20.2 Å². The van der Waals surface area contributed by atoms with Crippen LogP contribution in [-0.2, 0) is 19.5 Å². The third-order valence-electron chi connectivity index (χ3n) is 1.64. The Morgan fingerprint density at radius 3 is 1.00 bits per heavy atom. The first kappa shape index (κ1) is 20.8. The summed E-state index contributed by atoms with van der Waals surface area (Å²) >= 11 is 0. The van der Waals surface area contributed by atoms with Crippen LogP contribution in [0.3, 0.4) is 0 Å². The minimum absolute atomic E-state index is 0. The van der Waals surface area contributed by atoms with E-state index in [4.69, 9.17) is 53.4 Å². The molecule has 1 nitrogen and oxygen atoms in total. The number of halogens is 5. The van der Waals surface area contributed by atoms with Gasteiger partial charge in [-0.25, -0.2) is 0 Å². The summed E-state index contributed by atoms with van der Waals surface area (Å²) in [7, 11) is 33.2. The van der Waals surface area contributed by atoms with E-state index in [1.807, 2.05) is 0 Å². The first-order valence-corrected chi connectivity index (χ1v) is 11.7. The fourth-order valence-corrected chi connectivity index (χ4v) is 7.34. The van der Waals surface area contributed by atoms with E-state index in [1.54, 1.807) is 0 Å². The minimum Gasteiger partial charge on any atom is -0.505 e. The monoisotopic (exact) mass is 488 g/mol. The minimum atomic E-state index is -0.0502. The Morgan fingerprint density at radius 1 is 0.556 bits per heavy atom. The Hall–Kier alpha value is 2.84. The van der Waals surface area contributed by atoms with Gasteiger partial charge in [-0.15, -0.1) is 0 Å². The van der Waals surface area contributed by atoms with Gasteiger partial charge >= 0.3 is 0 Å². The van der Waals surface area contributed by atoms with Crippen molar-refractivity contribution in [3.05, 3.63) is 0 Å². The van der Waals surface area contributed by atoms with Gasteiger partial charge < -0.3 is 5.11 Å². The van der Waals surface area contributed by atoms with Crippen molar-refractivity contribution in [1.82, 2.24) is 0 Å². The van der Waals surface area contributed by atoms with Crippen LogP contribution < -0.4 is 0 Å².